The normalized spacial score (nSPS) is 22.5. The Morgan fingerprint density at radius 1 is 1.14 bits per heavy atom. The van der Waals surface area contributed by atoms with Gasteiger partial charge in [-0.1, -0.05) is 0 Å². The summed E-state index contributed by atoms with van der Waals surface area (Å²) in [5.74, 6) is 0.402. The molecule has 6 heteroatoms. The number of piperidine rings is 1. The Bertz CT molecular complexity index is 535. The Balaban J connectivity index is 2.01. The molecule has 1 saturated carbocycles. The van der Waals surface area contributed by atoms with Crippen molar-refractivity contribution in [3.63, 3.8) is 0 Å². The van der Waals surface area contributed by atoms with Gasteiger partial charge in [0.05, 0.1) is 13.2 Å². The maximum atomic E-state index is 13.2. The van der Waals surface area contributed by atoms with Crippen molar-refractivity contribution < 1.29 is 22.6 Å². The van der Waals surface area contributed by atoms with E-state index in [1.54, 1.807) is 0 Å². The minimum Gasteiger partial charge on any atom is -0.496 e. The minimum atomic E-state index is -4.45. The Hall–Kier alpha value is -1.43. The van der Waals surface area contributed by atoms with Crippen LogP contribution in [-0.4, -0.2) is 26.3 Å². The first-order valence-electron chi connectivity index (χ1n) is 7.65. The van der Waals surface area contributed by atoms with Gasteiger partial charge in [-0.05, 0) is 44.4 Å². The third kappa shape index (κ3) is 3.32. The second-order valence-electron chi connectivity index (χ2n) is 5.95. The zero-order valence-electron chi connectivity index (χ0n) is 12.5. The van der Waals surface area contributed by atoms with Gasteiger partial charge in [0.15, 0.2) is 0 Å². The molecule has 1 atom stereocenters. The van der Waals surface area contributed by atoms with E-state index in [2.05, 4.69) is 5.32 Å². The fourth-order valence-corrected chi connectivity index (χ4v) is 2.87. The summed E-state index contributed by atoms with van der Waals surface area (Å²) >= 11 is 0. The number of hydrogen-bond donors (Lipinski definition) is 1. The highest BCUT2D eigenvalue weighted by Crippen LogP contribution is 2.44. The van der Waals surface area contributed by atoms with Gasteiger partial charge in [0.25, 0.3) is 0 Å². The van der Waals surface area contributed by atoms with Crippen LogP contribution in [0.3, 0.4) is 0 Å². The van der Waals surface area contributed by atoms with E-state index in [0.29, 0.717) is 5.75 Å². The Kier molecular flexibility index (Phi) is 4.21. The van der Waals surface area contributed by atoms with Crippen LogP contribution in [0.1, 0.15) is 42.7 Å². The number of nitrogens with one attached hydrogen (secondary N) is 1. The zero-order valence-corrected chi connectivity index (χ0v) is 12.5. The van der Waals surface area contributed by atoms with E-state index in [1.807, 2.05) is 0 Å². The quantitative estimate of drug-likeness (QED) is 0.918. The lowest BCUT2D eigenvalue weighted by molar-refractivity contribution is -0.138. The van der Waals surface area contributed by atoms with Crippen LogP contribution in [0.15, 0.2) is 12.1 Å². The molecule has 1 saturated heterocycles. The van der Waals surface area contributed by atoms with Crippen LogP contribution < -0.4 is 14.8 Å². The van der Waals surface area contributed by atoms with Crippen LogP contribution in [0.4, 0.5) is 13.2 Å². The van der Waals surface area contributed by atoms with Crippen molar-refractivity contribution in [3.05, 3.63) is 23.3 Å². The van der Waals surface area contributed by atoms with Crippen LogP contribution in [0, 0.1) is 0 Å². The molecule has 0 amide bonds. The molecule has 1 aliphatic heterocycles. The molecular formula is C16H20F3NO2. The molecule has 0 spiro atoms. The average Bonchev–Trinajstić information content (AvgIpc) is 3.31. The molecule has 22 heavy (non-hydrogen) atoms. The zero-order chi connectivity index (χ0) is 15.7. The Morgan fingerprint density at radius 3 is 2.45 bits per heavy atom. The number of hydrogen-bond acceptors (Lipinski definition) is 3. The molecule has 2 aliphatic rings. The summed E-state index contributed by atoms with van der Waals surface area (Å²) in [6.45, 7) is 1.71. The van der Waals surface area contributed by atoms with Crippen molar-refractivity contribution in [1.29, 1.82) is 0 Å². The van der Waals surface area contributed by atoms with Crippen molar-refractivity contribution in [2.24, 2.45) is 0 Å². The summed E-state index contributed by atoms with van der Waals surface area (Å²) in [5, 5.41) is 3.29. The first-order chi connectivity index (χ1) is 10.5. The van der Waals surface area contributed by atoms with Crippen LogP contribution in [0.25, 0.3) is 0 Å². The molecule has 1 aromatic rings. The van der Waals surface area contributed by atoms with Crippen LogP contribution >= 0.6 is 0 Å². The molecular weight excluding hydrogens is 295 g/mol. The van der Waals surface area contributed by atoms with E-state index in [0.717, 1.165) is 50.4 Å². The lowest BCUT2D eigenvalue weighted by Crippen LogP contribution is -2.28. The second-order valence-corrected chi connectivity index (χ2v) is 5.95. The molecule has 3 rings (SSSR count). The maximum Gasteiger partial charge on any atom is 0.420 e. The molecule has 2 fully saturated rings. The van der Waals surface area contributed by atoms with Gasteiger partial charge in [-0.15, -0.1) is 0 Å². The predicted molar refractivity (Wildman–Crippen MR) is 76.5 cm³/mol. The number of alkyl halides is 3. The van der Waals surface area contributed by atoms with Crippen molar-refractivity contribution >= 4 is 0 Å². The van der Waals surface area contributed by atoms with Gasteiger partial charge < -0.3 is 14.8 Å². The third-order valence-corrected chi connectivity index (χ3v) is 4.19. The molecule has 1 aliphatic carbocycles. The summed E-state index contributed by atoms with van der Waals surface area (Å²) < 4.78 is 50.3. The molecule has 3 nitrogen and oxygen atoms in total. The largest absolute Gasteiger partial charge is 0.496 e. The summed E-state index contributed by atoms with van der Waals surface area (Å²) in [5.41, 5.74) is 0.0575. The molecule has 0 aromatic heterocycles. The average molecular weight is 315 g/mol. The van der Waals surface area contributed by atoms with Crippen molar-refractivity contribution in [1.82, 2.24) is 5.32 Å². The molecule has 0 unspecified atom stereocenters. The summed E-state index contributed by atoms with van der Waals surface area (Å²) in [7, 11) is 1.27. The fraction of sp³-hybridized carbons (Fsp3) is 0.625. The number of halogens is 3. The minimum absolute atomic E-state index is 0.0600. The number of benzene rings is 1. The van der Waals surface area contributed by atoms with Crippen molar-refractivity contribution in [2.45, 2.75) is 43.9 Å². The first kappa shape index (κ1) is 15.5. The van der Waals surface area contributed by atoms with Gasteiger partial charge in [0.1, 0.15) is 17.1 Å². The molecule has 0 bridgehead atoms. The fourth-order valence-electron chi connectivity index (χ4n) is 2.87. The third-order valence-electron chi connectivity index (χ3n) is 4.19. The lowest BCUT2D eigenvalue weighted by Gasteiger charge is -2.26. The maximum absolute atomic E-state index is 13.2. The van der Waals surface area contributed by atoms with Crippen LogP contribution in [0.5, 0.6) is 11.5 Å². The van der Waals surface area contributed by atoms with E-state index >= 15 is 0 Å². The second kappa shape index (κ2) is 5.99. The van der Waals surface area contributed by atoms with Gasteiger partial charge in [-0.3, -0.25) is 0 Å². The van der Waals surface area contributed by atoms with Crippen LogP contribution in [-0.2, 0) is 6.18 Å². The van der Waals surface area contributed by atoms with E-state index < -0.39 is 11.7 Å². The van der Waals surface area contributed by atoms with Crippen molar-refractivity contribution in [3.8, 4) is 11.5 Å². The molecule has 122 valence electrons. The lowest BCUT2D eigenvalue weighted by atomic mass is 9.90. The number of ether oxygens (including phenoxy) is 2. The summed E-state index contributed by atoms with van der Waals surface area (Å²) in [4.78, 5) is 0. The highest BCUT2D eigenvalue weighted by molar-refractivity contribution is 5.50. The Labute approximate surface area is 127 Å². The molecule has 1 aromatic carbocycles. The van der Waals surface area contributed by atoms with Gasteiger partial charge in [-0.25, -0.2) is 0 Å². The molecule has 0 radical (unpaired) electrons. The summed E-state index contributed by atoms with van der Waals surface area (Å²) in [6.07, 6.45) is -0.605. The highest BCUT2D eigenvalue weighted by atomic mass is 19.4. The SMILES string of the molecule is COc1cc([C@@H]2CCCNC2)c(OC2CC2)cc1C(F)(F)F. The topological polar surface area (TPSA) is 30.5 Å². The smallest absolute Gasteiger partial charge is 0.420 e. The predicted octanol–water partition coefficient (Wildman–Crippen LogP) is 3.72. The van der Waals surface area contributed by atoms with Gasteiger partial charge in [0, 0.05) is 18.0 Å². The van der Waals surface area contributed by atoms with Gasteiger partial charge >= 0.3 is 6.18 Å². The van der Waals surface area contributed by atoms with Crippen LogP contribution in [0.2, 0.25) is 0 Å². The summed E-state index contributed by atoms with van der Waals surface area (Å²) in [6, 6.07) is 2.62. The van der Waals surface area contributed by atoms with Gasteiger partial charge in [-0.2, -0.15) is 13.2 Å². The van der Waals surface area contributed by atoms with E-state index in [1.165, 1.54) is 13.2 Å². The Morgan fingerprint density at radius 2 is 1.91 bits per heavy atom. The van der Waals surface area contributed by atoms with E-state index in [-0.39, 0.29) is 17.8 Å². The van der Waals surface area contributed by atoms with E-state index in [4.69, 9.17) is 9.47 Å². The number of rotatable bonds is 4. The van der Waals surface area contributed by atoms with Gasteiger partial charge in [0.2, 0.25) is 0 Å². The van der Waals surface area contributed by atoms with E-state index in [9.17, 15) is 13.2 Å². The first-order valence-corrected chi connectivity index (χ1v) is 7.65. The van der Waals surface area contributed by atoms with Crippen molar-refractivity contribution in [2.75, 3.05) is 20.2 Å². The number of methoxy groups -OCH3 is 1. The standard InChI is InChI=1S/C16H20F3NO2/c1-21-15-7-12(10-3-2-6-20-9-10)14(22-11-4-5-11)8-13(15)16(17,18)19/h7-8,10-11,20H,2-6,9H2,1H3/t10-/m1/s1. The monoisotopic (exact) mass is 315 g/mol. The molecule has 1 heterocycles. The molecule has 1 N–H and O–H groups in total. The highest BCUT2D eigenvalue weighted by Gasteiger charge is 2.37.